The normalized spacial score (nSPS) is 10.8. The molecule has 0 aliphatic rings. The van der Waals surface area contributed by atoms with Gasteiger partial charge in [-0.3, -0.25) is 9.59 Å². The monoisotopic (exact) mass is 368 g/mol. The van der Waals surface area contributed by atoms with Crippen molar-refractivity contribution in [1.82, 2.24) is 0 Å². The maximum Gasteiger partial charge on any atom is 0.255 e. The summed E-state index contributed by atoms with van der Waals surface area (Å²) in [5.41, 5.74) is 7.71. The lowest BCUT2D eigenvalue weighted by Gasteiger charge is -2.12. The number of para-hydroxylation sites is 1. The van der Waals surface area contributed by atoms with E-state index in [1.54, 1.807) is 24.3 Å². The highest BCUT2D eigenvalue weighted by atomic mass is 16.5. The Morgan fingerprint density at radius 3 is 2.56 bits per heavy atom. The molecule has 0 aliphatic heterocycles. The molecular weight excluding hydrogens is 344 g/mol. The smallest absolute Gasteiger partial charge is 0.255 e. The summed E-state index contributed by atoms with van der Waals surface area (Å²) in [6.07, 6.45) is 3.13. The summed E-state index contributed by atoms with van der Waals surface area (Å²) in [6.45, 7) is 3.92. The zero-order chi connectivity index (χ0) is 19.8. The van der Waals surface area contributed by atoms with Gasteiger partial charge in [0.25, 0.3) is 5.91 Å². The van der Waals surface area contributed by atoms with Crippen molar-refractivity contribution in [1.29, 1.82) is 0 Å². The second kappa shape index (κ2) is 9.43. The number of amides is 2. The molecule has 0 spiro atoms. The predicted molar refractivity (Wildman–Crippen MR) is 106 cm³/mol. The van der Waals surface area contributed by atoms with Crippen molar-refractivity contribution < 1.29 is 19.1 Å². The molecule has 6 nitrogen and oxygen atoms in total. The van der Waals surface area contributed by atoms with E-state index in [9.17, 15) is 9.59 Å². The lowest BCUT2D eigenvalue weighted by molar-refractivity contribution is -0.120. The van der Waals surface area contributed by atoms with Crippen LogP contribution in [0.2, 0.25) is 0 Å². The molecule has 6 heteroatoms. The number of rotatable bonds is 8. The largest absolute Gasteiger partial charge is 0.493 e. The summed E-state index contributed by atoms with van der Waals surface area (Å²) in [7, 11) is 1.50. The number of methoxy groups -OCH3 is 1. The summed E-state index contributed by atoms with van der Waals surface area (Å²) in [5.74, 6) is 0.367. The second-order valence-corrected chi connectivity index (χ2v) is 6.23. The molecule has 0 radical (unpaired) electrons. The molecule has 0 heterocycles. The van der Waals surface area contributed by atoms with E-state index in [2.05, 4.69) is 19.2 Å². The Morgan fingerprint density at radius 1 is 1.15 bits per heavy atom. The Balaban J connectivity index is 2.09. The average molecular weight is 368 g/mol. The molecule has 0 saturated carbocycles. The minimum atomic E-state index is -0.570. The molecule has 3 N–H and O–H groups in total. The first-order valence-corrected chi connectivity index (χ1v) is 8.58. The lowest BCUT2D eigenvalue weighted by atomic mass is 10.0. The fourth-order valence-electron chi connectivity index (χ4n) is 2.52. The second-order valence-electron chi connectivity index (χ2n) is 6.23. The third-order valence-electron chi connectivity index (χ3n) is 3.83. The predicted octanol–water partition coefficient (Wildman–Crippen LogP) is 3.33. The Bertz CT molecular complexity index is 844. The van der Waals surface area contributed by atoms with Crippen LogP contribution in [0.3, 0.4) is 0 Å². The van der Waals surface area contributed by atoms with Gasteiger partial charge in [0.15, 0.2) is 18.1 Å². The van der Waals surface area contributed by atoms with Crippen LogP contribution in [0, 0.1) is 0 Å². The Morgan fingerprint density at radius 2 is 1.89 bits per heavy atom. The van der Waals surface area contributed by atoms with Gasteiger partial charge >= 0.3 is 0 Å². The summed E-state index contributed by atoms with van der Waals surface area (Å²) in [6, 6.07) is 12.9. The van der Waals surface area contributed by atoms with Crippen molar-refractivity contribution in [2.75, 3.05) is 19.0 Å². The van der Waals surface area contributed by atoms with E-state index in [0.29, 0.717) is 17.4 Å². The lowest BCUT2D eigenvalue weighted by Crippen LogP contribution is -2.20. The number of hydrogen-bond acceptors (Lipinski definition) is 4. The van der Waals surface area contributed by atoms with Crippen molar-refractivity contribution in [2.45, 2.75) is 19.8 Å². The maximum atomic E-state index is 12.3. The number of carbonyl (C=O) groups excluding carboxylic acids is 2. The van der Waals surface area contributed by atoms with E-state index in [-0.39, 0.29) is 12.5 Å². The topological polar surface area (TPSA) is 90.7 Å². The van der Waals surface area contributed by atoms with Crippen molar-refractivity contribution in [3.63, 3.8) is 0 Å². The maximum absolute atomic E-state index is 12.3. The van der Waals surface area contributed by atoms with Crippen molar-refractivity contribution >= 4 is 23.6 Å². The standard InChI is InChI=1S/C21H24N2O4/c1-14(2)16-6-4-5-7-17(16)23-21(25)11-9-15-8-10-18(19(12-15)26-3)27-13-20(22)24/h4-12,14H,13H2,1-3H3,(H2,22,24)(H,23,25)/b11-9+. The molecule has 0 aliphatic carbocycles. The summed E-state index contributed by atoms with van der Waals surface area (Å²) < 4.78 is 10.5. The van der Waals surface area contributed by atoms with Gasteiger partial charge in [-0.15, -0.1) is 0 Å². The van der Waals surface area contributed by atoms with E-state index in [4.69, 9.17) is 15.2 Å². The highest BCUT2D eigenvalue weighted by Gasteiger charge is 2.08. The van der Waals surface area contributed by atoms with Crippen LogP contribution >= 0.6 is 0 Å². The third kappa shape index (κ3) is 5.88. The molecule has 0 atom stereocenters. The fourth-order valence-corrected chi connectivity index (χ4v) is 2.52. The van der Waals surface area contributed by atoms with Gasteiger partial charge in [-0.1, -0.05) is 38.1 Å². The van der Waals surface area contributed by atoms with Gasteiger partial charge in [-0.05, 0) is 41.3 Å². The Kier molecular flexibility index (Phi) is 7.00. The van der Waals surface area contributed by atoms with E-state index >= 15 is 0 Å². The van der Waals surface area contributed by atoms with Gasteiger partial charge in [0.1, 0.15) is 0 Å². The number of hydrogen-bond donors (Lipinski definition) is 2. The summed E-state index contributed by atoms with van der Waals surface area (Å²) in [4.78, 5) is 23.1. The van der Waals surface area contributed by atoms with Gasteiger partial charge < -0.3 is 20.5 Å². The van der Waals surface area contributed by atoms with Crippen LogP contribution in [0.15, 0.2) is 48.5 Å². The van der Waals surface area contributed by atoms with E-state index in [0.717, 1.165) is 16.8 Å². The molecule has 2 rings (SSSR count). The Hall–Kier alpha value is -3.28. The van der Waals surface area contributed by atoms with Crippen LogP contribution in [-0.4, -0.2) is 25.5 Å². The number of carbonyl (C=O) groups is 2. The minimum absolute atomic E-state index is 0.226. The first-order valence-electron chi connectivity index (χ1n) is 8.58. The Labute approximate surface area is 159 Å². The molecule has 2 aromatic rings. The molecule has 27 heavy (non-hydrogen) atoms. The van der Waals surface area contributed by atoms with Crippen molar-refractivity contribution in [3.8, 4) is 11.5 Å². The van der Waals surface area contributed by atoms with E-state index in [1.807, 2.05) is 24.3 Å². The van der Waals surface area contributed by atoms with Gasteiger partial charge in [0, 0.05) is 11.8 Å². The van der Waals surface area contributed by atoms with Crippen LogP contribution in [-0.2, 0) is 9.59 Å². The SMILES string of the molecule is COc1cc(/C=C/C(=O)Nc2ccccc2C(C)C)ccc1OCC(N)=O. The number of anilines is 1. The quantitative estimate of drug-likeness (QED) is 0.699. The number of ether oxygens (including phenoxy) is 2. The average Bonchev–Trinajstić information content (AvgIpc) is 2.65. The molecule has 0 unspecified atom stereocenters. The number of nitrogens with two attached hydrogens (primary N) is 1. The van der Waals surface area contributed by atoms with Crippen LogP contribution in [0.25, 0.3) is 6.08 Å². The van der Waals surface area contributed by atoms with Crippen molar-refractivity contribution in [2.24, 2.45) is 5.73 Å². The fraction of sp³-hybridized carbons (Fsp3) is 0.238. The van der Waals surface area contributed by atoms with Crippen molar-refractivity contribution in [3.05, 3.63) is 59.7 Å². The van der Waals surface area contributed by atoms with Crippen LogP contribution in [0.1, 0.15) is 30.9 Å². The van der Waals surface area contributed by atoms with Crippen LogP contribution < -0.4 is 20.5 Å². The molecule has 0 saturated heterocycles. The molecule has 2 amide bonds. The molecule has 142 valence electrons. The zero-order valence-corrected chi connectivity index (χ0v) is 15.7. The summed E-state index contributed by atoms with van der Waals surface area (Å²) in [5, 5.41) is 2.90. The number of benzene rings is 2. The minimum Gasteiger partial charge on any atom is -0.493 e. The third-order valence-corrected chi connectivity index (χ3v) is 3.83. The highest BCUT2D eigenvalue weighted by Crippen LogP contribution is 2.28. The van der Waals surface area contributed by atoms with Gasteiger partial charge in [-0.25, -0.2) is 0 Å². The molecular formula is C21H24N2O4. The first kappa shape index (κ1) is 20.0. The van der Waals surface area contributed by atoms with Gasteiger partial charge in [0.2, 0.25) is 5.91 Å². The molecule has 0 aromatic heterocycles. The van der Waals surface area contributed by atoms with E-state index < -0.39 is 5.91 Å². The summed E-state index contributed by atoms with van der Waals surface area (Å²) >= 11 is 0. The zero-order valence-electron chi connectivity index (χ0n) is 15.7. The number of nitrogens with one attached hydrogen (secondary N) is 1. The number of primary amides is 1. The van der Waals surface area contributed by atoms with Crippen LogP contribution in [0.4, 0.5) is 5.69 Å². The van der Waals surface area contributed by atoms with Gasteiger partial charge in [-0.2, -0.15) is 0 Å². The van der Waals surface area contributed by atoms with Crippen LogP contribution in [0.5, 0.6) is 11.5 Å². The molecule has 2 aromatic carbocycles. The van der Waals surface area contributed by atoms with Gasteiger partial charge in [0.05, 0.1) is 7.11 Å². The molecule has 0 bridgehead atoms. The highest BCUT2D eigenvalue weighted by molar-refractivity contribution is 6.02. The van der Waals surface area contributed by atoms with E-state index in [1.165, 1.54) is 13.2 Å². The molecule has 0 fully saturated rings. The first-order chi connectivity index (χ1) is 12.9.